The Hall–Kier alpha value is -2.97. The number of likely N-dealkylation sites (N-methyl/N-ethyl adjacent to an activating group) is 2. The number of fused-ring (bicyclic) bond motifs is 1. The molecule has 0 aliphatic carbocycles. The van der Waals surface area contributed by atoms with E-state index in [-0.39, 0.29) is 17.5 Å². The number of halogens is 2. The molecule has 0 unspecified atom stereocenters. The Bertz CT molecular complexity index is 807. The lowest BCUT2D eigenvalue weighted by atomic mass is 10.2. The van der Waals surface area contributed by atoms with Gasteiger partial charge in [-0.15, -0.1) is 0 Å². The number of nitrogens with one attached hydrogen (secondary N) is 1. The highest BCUT2D eigenvalue weighted by molar-refractivity contribution is 6.03. The van der Waals surface area contributed by atoms with Gasteiger partial charge in [0.15, 0.2) is 23.2 Å². The van der Waals surface area contributed by atoms with Crippen molar-refractivity contribution in [2.75, 3.05) is 29.2 Å². The maximum Gasteiger partial charge on any atom is 0.249 e. The Labute approximate surface area is 136 Å². The first-order chi connectivity index (χ1) is 11.3. The van der Waals surface area contributed by atoms with Gasteiger partial charge in [0.05, 0.1) is 6.20 Å². The molecule has 1 aliphatic rings. The number of carbonyl (C=O) groups is 1. The molecule has 0 saturated heterocycles. The van der Waals surface area contributed by atoms with Crippen molar-refractivity contribution in [2.24, 2.45) is 0 Å². The summed E-state index contributed by atoms with van der Waals surface area (Å²) in [5, 5.41) is 11.8. The van der Waals surface area contributed by atoms with Crippen LogP contribution in [-0.4, -0.2) is 41.1 Å². The van der Waals surface area contributed by atoms with Gasteiger partial charge < -0.3 is 20.2 Å². The van der Waals surface area contributed by atoms with Crippen molar-refractivity contribution in [1.82, 2.24) is 9.97 Å². The minimum Gasteiger partial charge on any atom is -0.503 e. The Balaban J connectivity index is 1.96. The maximum atomic E-state index is 13.4. The molecule has 0 fully saturated rings. The highest BCUT2D eigenvalue weighted by atomic mass is 19.1. The van der Waals surface area contributed by atoms with Crippen LogP contribution in [0.2, 0.25) is 0 Å². The largest absolute Gasteiger partial charge is 0.503 e. The zero-order valence-electron chi connectivity index (χ0n) is 13.2. The van der Waals surface area contributed by atoms with Crippen LogP contribution in [0, 0.1) is 11.6 Å². The molecule has 0 spiro atoms. The normalized spacial score (nSPS) is 17.0. The van der Waals surface area contributed by atoms with Crippen molar-refractivity contribution in [3.63, 3.8) is 0 Å². The zero-order chi connectivity index (χ0) is 17.6. The summed E-state index contributed by atoms with van der Waals surface area (Å²) in [5.41, 5.74) is 0.591. The highest BCUT2D eigenvalue weighted by Gasteiger charge is 2.33. The number of aromatic nitrogens is 2. The fourth-order valence-corrected chi connectivity index (χ4v) is 2.44. The van der Waals surface area contributed by atoms with Gasteiger partial charge in [-0.05, 0) is 6.92 Å². The predicted octanol–water partition coefficient (Wildman–Crippen LogP) is 2.01. The van der Waals surface area contributed by atoms with E-state index in [4.69, 9.17) is 5.11 Å². The SMILES string of the molecule is C[C@@H]1C(=O)N(C)c2cnc(Nc3cc(F)c(O)c(F)c3)nc2N1C. The number of nitrogens with zero attached hydrogens (tertiary/aromatic N) is 4. The summed E-state index contributed by atoms with van der Waals surface area (Å²) in [4.78, 5) is 23.6. The molecule has 0 radical (unpaired) electrons. The molecule has 1 amide bonds. The first kappa shape index (κ1) is 15.9. The topological polar surface area (TPSA) is 81.6 Å². The molecule has 1 atom stereocenters. The van der Waals surface area contributed by atoms with Gasteiger partial charge in [0, 0.05) is 31.9 Å². The van der Waals surface area contributed by atoms with Crippen LogP contribution in [0.4, 0.5) is 31.9 Å². The molecule has 3 rings (SSSR count). The lowest BCUT2D eigenvalue weighted by Crippen LogP contribution is -2.49. The predicted molar refractivity (Wildman–Crippen MR) is 84.6 cm³/mol. The summed E-state index contributed by atoms with van der Waals surface area (Å²) in [6.07, 6.45) is 1.46. The van der Waals surface area contributed by atoms with Gasteiger partial charge in [0.2, 0.25) is 11.9 Å². The number of benzene rings is 1. The number of phenols is 1. The minimum atomic E-state index is -1.09. The zero-order valence-corrected chi connectivity index (χ0v) is 13.2. The van der Waals surface area contributed by atoms with Crippen LogP contribution < -0.4 is 15.1 Å². The smallest absolute Gasteiger partial charge is 0.249 e. The van der Waals surface area contributed by atoms with E-state index in [1.807, 2.05) is 0 Å². The quantitative estimate of drug-likeness (QED) is 0.817. The summed E-state index contributed by atoms with van der Waals surface area (Å²) in [6.45, 7) is 1.75. The Kier molecular flexibility index (Phi) is 3.70. The van der Waals surface area contributed by atoms with Gasteiger partial charge >= 0.3 is 0 Å². The molecule has 0 saturated carbocycles. The van der Waals surface area contributed by atoms with E-state index >= 15 is 0 Å². The van der Waals surface area contributed by atoms with Gasteiger partial charge in [0.25, 0.3) is 0 Å². The molecule has 1 aromatic heterocycles. The second kappa shape index (κ2) is 5.59. The molecule has 2 N–H and O–H groups in total. The molecule has 2 aromatic rings. The number of anilines is 4. The van der Waals surface area contributed by atoms with Crippen molar-refractivity contribution < 1.29 is 18.7 Å². The summed E-state index contributed by atoms with van der Waals surface area (Å²) >= 11 is 0. The van der Waals surface area contributed by atoms with Crippen LogP contribution in [0.3, 0.4) is 0 Å². The number of amides is 1. The first-order valence-electron chi connectivity index (χ1n) is 7.12. The van der Waals surface area contributed by atoms with E-state index in [2.05, 4.69) is 15.3 Å². The molecule has 7 nitrogen and oxygen atoms in total. The third-order valence-electron chi connectivity index (χ3n) is 3.99. The molecule has 1 aliphatic heterocycles. The number of aromatic hydroxyl groups is 1. The molecule has 126 valence electrons. The van der Waals surface area contributed by atoms with Crippen molar-refractivity contribution in [2.45, 2.75) is 13.0 Å². The standard InChI is InChI=1S/C15H15F2N5O2/c1-7-14(24)22(3)11-6-18-15(20-13(11)21(7)2)19-8-4-9(16)12(23)10(17)5-8/h4-7,23H,1-3H3,(H,18,19,20)/t7-/m1/s1. The van der Waals surface area contributed by atoms with Gasteiger partial charge in [-0.1, -0.05) is 0 Å². The third kappa shape index (κ3) is 2.47. The second-order valence-corrected chi connectivity index (χ2v) is 5.50. The summed E-state index contributed by atoms with van der Waals surface area (Å²) in [5.74, 6) is -2.68. The van der Waals surface area contributed by atoms with Gasteiger partial charge in [-0.25, -0.2) is 13.8 Å². The van der Waals surface area contributed by atoms with Crippen LogP contribution >= 0.6 is 0 Å². The molecule has 0 bridgehead atoms. The van der Waals surface area contributed by atoms with Crippen LogP contribution in [0.5, 0.6) is 5.75 Å². The van der Waals surface area contributed by atoms with Crippen molar-refractivity contribution in [3.8, 4) is 5.75 Å². The second-order valence-electron chi connectivity index (χ2n) is 5.50. The van der Waals surface area contributed by atoms with Crippen LogP contribution in [0.15, 0.2) is 18.3 Å². The van der Waals surface area contributed by atoms with E-state index in [1.54, 1.807) is 25.9 Å². The van der Waals surface area contributed by atoms with Crippen LogP contribution in [-0.2, 0) is 4.79 Å². The first-order valence-corrected chi connectivity index (χ1v) is 7.12. The monoisotopic (exact) mass is 335 g/mol. The number of carbonyl (C=O) groups excluding carboxylic acids is 1. The van der Waals surface area contributed by atoms with Gasteiger partial charge in [0.1, 0.15) is 11.7 Å². The summed E-state index contributed by atoms with van der Waals surface area (Å²) < 4.78 is 26.8. The van der Waals surface area contributed by atoms with E-state index in [9.17, 15) is 13.6 Å². The molecule has 9 heteroatoms. The average molecular weight is 335 g/mol. The van der Waals surface area contributed by atoms with Crippen molar-refractivity contribution >= 4 is 29.0 Å². The van der Waals surface area contributed by atoms with Crippen molar-refractivity contribution in [1.29, 1.82) is 0 Å². The third-order valence-corrected chi connectivity index (χ3v) is 3.99. The fourth-order valence-electron chi connectivity index (χ4n) is 2.44. The maximum absolute atomic E-state index is 13.4. The molecule has 2 heterocycles. The van der Waals surface area contributed by atoms with Crippen LogP contribution in [0.1, 0.15) is 6.92 Å². The average Bonchev–Trinajstić information content (AvgIpc) is 2.55. The number of phenolic OH excluding ortho intramolecular Hbond substituents is 1. The fraction of sp³-hybridized carbons (Fsp3) is 0.267. The van der Waals surface area contributed by atoms with E-state index in [0.29, 0.717) is 11.5 Å². The Morgan fingerprint density at radius 1 is 1.25 bits per heavy atom. The lowest BCUT2D eigenvalue weighted by molar-refractivity contribution is -0.119. The Morgan fingerprint density at radius 2 is 1.88 bits per heavy atom. The lowest BCUT2D eigenvalue weighted by Gasteiger charge is -2.36. The molecule has 1 aromatic carbocycles. The Morgan fingerprint density at radius 3 is 2.50 bits per heavy atom. The number of rotatable bonds is 2. The van der Waals surface area contributed by atoms with E-state index in [1.165, 1.54) is 11.1 Å². The van der Waals surface area contributed by atoms with E-state index in [0.717, 1.165) is 12.1 Å². The van der Waals surface area contributed by atoms with Gasteiger partial charge in [-0.3, -0.25) is 4.79 Å². The minimum absolute atomic E-state index is 0.0543. The van der Waals surface area contributed by atoms with Crippen molar-refractivity contribution in [3.05, 3.63) is 30.0 Å². The molecular weight excluding hydrogens is 320 g/mol. The van der Waals surface area contributed by atoms with Crippen LogP contribution in [0.25, 0.3) is 0 Å². The number of hydrogen-bond acceptors (Lipinski definition) is 6. The molecular formula is C15H15F2N5O2. The summed E-state index contributed by atoms with van der Waals surface area (Å²) in [7, 11) is 3.36. The molecule has 24 heavy (non-hydrogen) atoms. The van der Waals surface area contributed by atoms with Gasteiger partial charge in [-0.2, -0.15) is 4.98 Å². The summed E-state index contributed by atoms with van der Waals surface area (Å²) in [6, 6.07) is 1.47. The van der Waals surface area contributed by atoms with E-state index < -0.39 is 23.4 Å². The highest BCUT2D eigenvalue weighted by Crippen LogP contribution is 2.33. The number of hydrogen-bond donors (Lipinski definition) is 2.